The van der Waals surface area contributed by atoms with Crippen LogP contribution in [0.1, 0.15) is 33.6 Å². The number of nitrogens with one attached hydrogen (secondary N) is 1. The van der Waals surface area contributed by atoms with Crippen molar-refractivity contribution in [1.29, 1.82) is 0 Å². The normalized spacial score (nSPS) is 31.7. The molecule has 2 rings (SSSR count). The van der Waals surface area contributed by atoms with Crippen LogP contribution in [0.3, 0.4) is 0 Å². The van der Waals surface area contributed by atoms with Gasteiger partial charge in [-0.05, 0) is 24.2 Å². The molecular formula is C15H23F3N2O3. The van der Waals surface area contributed by atoms with Gasteiger partial charge >= 0.3 is 18.2 Å². The maximum absolute atomic E-state index is 12.9. The zero-order valence-corrected chi connectivity index (χ0v) is 13.5. The van der Waals surface area contributed by atoms with Crippen LogP contribution in [-0.2, 0) is 4.79 Å². The summed E-state index contributed by atoms with van der Waals surface area (Å²) >= 11 is 0. The minimum atomic E-state index is -4.62. The molecule has 23 heavy (non-hydrogen) atoms. The van der Waals surface area contributed by atoms with Crippen LogP contribution in [-0.4, -0.2) is 47.3 Å². The highest BCUT2D eigenvalue weighted by Gasteiger charge is 2.53. The molecule has 0 spiro atoms. The number of hydrogen-bond acceptors (Lipinski definition) is 2. The van der Waals surface area contributed by atoms with Gasteiger partial charge in [0.05, 0.1) is 11.8 Å². The molecule has 0 radical (unpaired) electrons. The van der Waals surface area contributed by atoms with E-state index < -0.39 is 43.1 Å². The van der Waals surface area contributed by atoms with Gasteiger partial charge in [-0.15, -0.1) is 0 Å². The monoisotopic (exact) mass is 336 g/mol. The Morgan fingerprint density at radius 2 is 1.70 bits per heavy atom. The third kappa shape index (κ3) is 3.90. The quantitative estimate of drug-likeness (QED) is 0.815. The first-order valence-electron chi connectivity index (χ1n) is 7.74. The van der Waals surface area contributed by atoms with E-state index in [1.165, 1.54) is 0 Å². The van der Waals surface area contributed by atoms with Crippen molar-refractivity contribution in [2.45, 2.75) is 45.8 Å². The highest BCUT2D eigenvalue weighted by molar-refractivity contribution is 5.78. The van der Waals surface area contributed by atoms with Gasteiger partial charge in [-0.1, -0.05) is 20.8 Å². The summed E-state index contributed by atoms with van der Waals surface area (Å²) in [5, 5.41) is 11.7. The van der Waals surface area contributed by atoms with Gasteiger partial charge < -0.3 is 15.3 Å². The zero-order chi connectivity index (χ0) is 17.6. The molecule has 2 fully saturated rings. The van der Waals surface area contributed by atoms with Gasteiger partial charge in [0.25, 0.3) is 0 Å². The molecule has 1 saturated heterocycles. The molecule has 8 heteroatoms. The lowest BCUT2D eigenvalue weighted by Crippen LogP contribution is -2.51. The fourth-order valence-electron chi connectivity index (χ4n) is 3.26. The lowest BCUT2D eigenvalue weighted by Gasteiger charge is -2.44. The predicted octanol–water partition coefficient (Wildman–Crippen LogP) is 2.72. The second kappa shape index (κ2) is 5.87. The minimum Gasteiger partial charge on any atom is -0.481 e. The number of nitrogens with zero attached hydrogens (tertiary/aromatic N) is 1. The molecule has 132 valence electrons. The molecular weight excluding hydrogens is 313 g/mol. The second-order valence-corrected chi connectivity index (χ2v) is 7.68. The first-order chi connectivity index (χ1) is 10.4. The van der Waals surface area contributed by atoms with E-state index in [9.17, 15) is 22.8 Å². The van der Waals surface area contributed by atoms with Gasteiger partial charge in [0, 0.05) is 19.1 Å². The van der Waals surface area contributed by atoms with Gasteiger partial charge in [0.15, 0.2) is 0 Å². The third-order valence-electron chi connectivity index (χ3n) is 5.04. The van der Waals surface area contributed by atoms with Crippen molar-refractivity contribution in [3.8, 4) is 0 Å². The Morgan fingerprint density at radius 1 is 1.13 bits per heavy atom. The SMILES string of the molecule is CC(C)(C)C1CC(NC(=O)N2C[C@@H](C(F)(F)F)[C@H](C(=O)O)C2)C1. The van der Waals surface area contributed by atoms with E-state index in [1.54, 1.807) is 0 Å². The molecule has 5 nitrogen and oxygen atoms in total. The number of amides is 2. The Bertz CT molecular complexity index is 481. The predicted molar refractivity (Wildman–Crippen MR) is 76.7 cm³/mol. The Balaban J connectivity index is 1.91. The molecule has 0 aromatic carbocycles. The number of carbonyl (C=O) groups is 2. The number of rotatable bonds is 2. The van der Waals surface area contributed by atoms with Crippen LogP contribution in [0.4, 0.5) is 18.0 Å². The molecule has 1 aliphatic heterocycles. The molecule has 2 atom stereocenters. The van der Waals surface area contributed by atoms with E-state index in [-0.39, 0.29) is 11.5 Å². The van der Waals surface area contributed by atoms with Gasteiger partial charge in [-0.2, -0.15) is 13.2 Å². The van der Waals surface area contributed by atoms with Crippen LogP contribution < -0.4 is 5.32 Å². The van der Waals surface area contributed by atoms with Crippen LogP contribution in [0.15, 0.2) is 0 Å². The van der Waals surface area contributed by atoms with Crippen molar-refractivity contribution in [3.05, 3.63) is 0 Å². The lowest BCUT2D eigenvalue weighted by atomic mass is 9.66. The number of carboxylic acids is 1. The number of carbonyl (C=O) groups excluding carboxylic acids is 1. The molecule has 2 amide bonds. The Morgan fingerprint density at radius 3 is 2.09 bits per heavy atom. The van der Waals surface area contributed by atoms with Crippen molar-refractivity contribution < 1.29 is 27.9 Å². The third-order valence-corrected chi connectivity index (χ3v) is 5.04. The number of alkyl halides is 3. The maximum Gasteiger partial charge on any atom is 0.394 e. The highest BCUT2D eigenvalue weighted by Crippen LogP contribution is 2.42. The first kappa shape index (κ1) is 17.9. The fourth-order valence-corrected chi connectivity index (χ4v) is 3.26. The Hall–Kier alpha value is -1.47. The molecule has 0 aromatic rings. The molecule has 0 unspecified atom stereocenters. The van der Waals surface area contributed by atoms with Crippen molar-refractivity contribution in [1.82, 2.24) is 10.2 Å². The summed E-state index contributed by atoms with van der Waals surface area (Å²) in [6, 6.07) is -0.639. The van der Waals surface area contributed by atoms with Crippen molar-refractivity contribution in [2.75, 3.05) is 13.1 Å². The van der Waals surface area contributed by atoms with Crippen LogP contribution >= 0.6 is 0 Å². The summed E-state index contributed by atoms with van der Waals surface area (Å²) < 4.78 is 38.7. The van der Waals surface area contributed by atoms with Crippen LogP contribution in [0.5, 0.6) is 0 Å². The molecule has 1 heterocycles. The first-order valence-corrected chi connectivity index (χ1v) is 7.74. The van der Waals surface area contributed by atoms with Gasteiger partial charge in [0.1, 0.15) is 0 Å². The molecule has 2 aliphatic rings. The summed E-state index contributed by atoms with van der Waals surface area (Å²) in [7, 11) is 0. The van der Waals surface area contributed by atoms with E-state index in [2.05, 4.69) is 26.1 Å². The molecule has 1 aliphatic carbocycles. The maximum atomic E-state index is 12.9. The molecule has 0 aromatic heterocycles. The smallest absolute Gasteiger partial charge is 0.394 e. The van der Waals surface area contributed by atoms with E-state index in [4.69, 9.17) is 5.11 Å². The second-order valence-electron chi connectivity index (χ2n) is 7.68. The summed E-state index contributed by atoms with van der Waals surface area (Å²) in [6.07, 6.45) is -3.02. The van der Waals surface area contributed by atoms with Gasteiger partial charge in [-0.3, -0.25) is 4.79 Å². The van der Waals surface area contributed by atoms with Gasteiger partial charge in [-0.25, -0.2) is 4.79 Å². The van der Waals surface area contributed by atoms with E-state index in [1.807, 2.05) is 0 Å². The largest absolute Gasteiger partial charge is 0.481 e. The van der Waals surface area contributed by atoms with Crippen LogP contribution in [0.2, 0.25) is 0 Å². The number of hydrogen-bond donors (Lipinski definition) is 2. The summed E-state index contributed by atoms with van der Waals surface area (Å²) in [6.45, 7) is 5.34. The Kier molecular flexibility index (Phi) is 4.56. The number of likely N-dealkylation sites (tertiary alicyclic amines) is 1. The van der Waals surface area contributed by atoms with E-state index in [0.29, 0.717) is 5.92 Å². The molecule has 1 saturated carbocycles. The summed E-state index contributed by atoms with van der Waals surface area (Å²) in [4.78, 5) is 24.1. The standard InChI is InChI=1S/C15H23F3N2O3/c1-14(2,3)8-4-9(5-8)19-13(23)20-6-10(12(21)22)11(7-20)15(16,17)18/h8-11H,4-7H2,1-3H3,(H,19,23)(H,21,22)/t8?,9?,10-,11-/m1/s1. The molecule has 0 bridgehead atoms. The van der Waals surface area contributed by atoms with Crippen molar-refractivity contribution >= 4 is 12.0 Å². The number of halogens is 3. The minimum absolute atomic E-state index is 0.0417. The Labute approximate surface area is 133 Å². The number of aliphatic carboxylic acids is 1. The van der Waals surface area contributed by atoms with Crippen LogP contribution in [0, 0.1) is 23.2 Å². The van der Waals surface area contributed by atoms with E-state index in [0.717, 1.165) is 17.7 Å². The van der Waals surface area contributed by atoms with E-state index >= 15 is 0 Å². The van der Waals surface area contributed by atoms with Crippen molar-refractivity contribution in [3.63, 3.8) is 0 Å². The van der Waals surface area contributed by atoms with Gasteiger partial charge in [0.2, 0.25) is 0 Å². The van der Waals surface area contributed by atoms with Crippen molar-refractivity contribution in [2.24, 2.45) is 23.2 Å². The average molecular weight is 336 g/mol. The summed E-state index contributed by atoms with van der Waals surface area (Å²) in [5.41, 5.74) is 0.144. The summed E-state index contributed by atoms with van der Waals surface area (Å²) in [5.74, 6) is -4.64. The average Bonchev–Trinajstić information content (AvgIpc) is 2.76. The lowest BCUT2D eigenvalue weighted by molar-refractivity contribution is -0.187. The fraction of sp³-hybridized carbons (Fsp3) is 0.867. The zero-order valence-electron chi connectivity index (χ0n) is 13.5. The number of urea groups is 1. The van der Waals surface area contributed by atoms with Crippen LogP contribution in [0.25, 0.3) is 0 Å². The number of carboxylic acid groups (broad SMARTS) is 1. The highest BCUT2D eigenvalue weighted by atomic mass is 19.4. The topological polar surface area (TPSA) is 69.6 Å². The molecule has 2 N–H and O–H groups in total.